The average Bonchev–Trinajstić information content (AvgIpc) is 2.77. The van der Waals surface area contributed by atoms with Gasteiger partial charge in [0, 0.05) is 30.0 Å². The van der Waals surface area contributed by atoms with Crippen molar-refractivity contribution >= 4 is 11.7 Å². The van der Waals surface area contributed by atoms with Crippen LogP contribution in [0.25, 0.3) is 0 Å². The molecule has 0 radical (unpaired) electrons. The van der Waals surface area contributed by atoms with Gasteiger partial charge in [-0.25, -0.2) is 0 Å². The summed E-state index contributed by atoms with van der Waals surface area (Å²) >= 11 is 0. The average molecular weight is 407 g/mol. The van der Waals surface area contributed by atoms with E-state index in [1.165, 1.54) is 0 Å². The number of allylic oxidation sites excluding steroid dienone is 2. The van der Waals surface area contributed by atoms with E-state index in [1.54, 1.807) is 21.3 Å². The molecule has 0 fully saturated rings. The Kier molecular flexibility index (Phi) is 5.48. The summed E-state index contributed by atoms with van der Waals surface area (Å²) in [5, 5.41) is 2.96. The third-order valence-corrected chi connectivity index (χ3v) is 5.90. The quantitative estimate of drug-likeness (QED) is 0.818. The van der Waals surface area contributed by atoms with Crippen LogP contribution in [0, 0.1) is 0 Å². The monoisotopic (exact) mass is 407 g/mol. The maximum absolute atomic E-state index is 13.2. The smallest absolute Gasteiger partial charge is 0.225 e. The summed E-state index contributed by atoms with van der Waals surface area (Å²) in [6.45, 7) is 0. The Morgan fingerprint density at radius 3 is 2.10 bits per heavy atom. The van der Waals surface area contributed by atoms with Gasteiger partial charge in [-0.15, -0.1) is 0 Å². The highest BCUT2D eigenvalue weighted by Gasteiger charge is 2.38. The molecule has 2 aromatic rings. The molecule has 1 N–H and O–H groups in total. The Balaban J connectivity index is 1.72. The summed E-state index contributed by atoms with van der Waals surface area (Å²) in [7, 11) is 4.70. The zero-order valence-corrected chi connectivity index (χ0v) is 17.4. The number of carbonyl (C=O) groups excluding carboxylic acids is 2. The summed E-state index contributed by atoms with van der Waals surface area (Å²) < 4.78 is 16.3. The van der Waals surface area contributed by atoms with Crippen LogP contribution < -0.4 is 19.5 Å². The number of rotatable bonds is 5. The van der Waals surface area contributed by atoms with Gasteiger partial charge in [0.05, 0.1) is 21.3 Å². The van der Waals surface area contributed by atoms with Gasteiger partial charge < -0.3 is 19.5 Å². The van der Waals surface area contributed by atoms with E-state index in [0.29, 0.717) is 36.5 Å². The molecule has 6 heteroatoms. The van der Waals surface area contributed by atoms with Crippen LogP contribution in [0.5, 0.6) is 17.2 Å². The van der Waals surface area contributed by atoms with Gasteiger partial charge in [-0.3, -0.25) is 9.59 Å². The van der Waals surface area contributed by atoms with Gasteiger partial charge in [0.1, 0.15) is 0 Å². The van der Waals surface area contributed by atoms with Crippen LogP contribution in [0.1, 0.15) is 42.2 Å². The van der Waals surface area contributed by atoms with Gasteiger partial charge in [-0.05, 0) is 35.6 Å². The van der Waals surface area contributed by atoms with Crippen LogP contribution in [0.15, 0.2) is 53.7 Å². The molecule has 1 heterocycles. The molecular weight excluding hydrogens is 382 g/mol. The van der Waals surface area contributed by atoms with E-state index in [4.69, 9.17) is 14.2 Å². The SMILES string of the molecule is COc1cc([C@H]2CC(=O)C3=C(C2)NC(=O)C[C@@H]3c2ccccc2)cc(OC)c1OC. The molecule has 2 aliphatic rings. The highest BCUT2D eigenvalue weighted by Crippen LogP contribution is 2.46. The first kappa shape index (κ1) is 20.0. The van der Waals surface area contributed by atoms with E-state index >= 15 is 0 Å². The molecular formula is C24H25NO5. The fourth-order valence-corrected chi connectivity index (χ4v) is 4.50. The van der Waals surface area contributed by atoms with Crippen molar-refractivity contribution in [3.05, 3.63) is 64.9 Å². The highest BCUT2D eigenvalue weighted by molar-refractivity contribution is 6.02. The van der Waals surface area contributed by atoms with Crippen molar-refractivity contribution in [3.63, 3.8) is 0 Å². The predicted octanol–water partition coefficient (Wildman–Crippen LogP) is 3.72. The van der Waals surface area contributed by atoms with Gasteiger partial charge in [0.15, 0.2) is 17.3 Å². The van der Waals surface area contributed by atoms with E-state index in [-0.39, 0.29) is 23.5 Å². The van der Waals surface area contributed by atoms with E-state index in [9.17, 15) is 9.59 Å². The number of ketones is 1. The Labute approximate surface area is 175 Å². The molecule has 2 aromatic carbocycles. The molecule has 1 aliphatic carbocycles. The van der Waals surface area contributed by atoms with Crippen LogP contribution in [0.4, 0.5) is 0 Å². The topological polar surface area (TPSA) is 73.9 Å². The van der Waals surface area contributed by atoms with Gasteiger partial charge in [0.2, 0.25) is 11.7 Å². The first-order valence-corrected chi connectivity index (χ1v) is 9.96. The molecule has 6 nitrogen and oxygen atoms in total. The lowest BCUT2D eigenvalue weighted by atomic mass is 9.73. The number of ether oxygens (including phenoxy) is 3. The second kappa shape index (κ2) is 8.22. The summed E-state index contributed by atoms with van der Waals surface area (Å²) in [6, 6.07) is 13.5. The van der Waals surface area contributed by atoms with Gasteiger partial charge >= 0.3 is 0 Å². The molecule has 0 bridgehead atoms. The lowest BCUT2D eigenvalue weighted by molar-refractivity contribution is -0.122. The van der Waals surface area contributed by atoms with Crippen LogP contribution in [0.3, 0.4) is 0 Å². The zero-order valence-electron chi connectivity index (χ0n) is 17.4. The number of hydrogen-bond acceptors (Lipinski definition) is 5. The minimum atomic E-state index is -0.191. The second-order valence-corrected chi connectivity index (χ2v) is 7.59. The predicted molar refractivity (Wildman–Crippen MR) is 112 cm³/mol. The fourth-order valence-electron chi connectivity index (χ4n) is 4.50. The molecule has 0 aromatic heterocycles. The number of carbonyl (C=O) groups is 2. The molecule has 2 atom stereocenters. The number of hydrogen-bond donors (Lipinski definition) is 1. The Bertz CT molecular complexity index is 987. The van der Waals surface area contributed by atoms with Crippen molar-refractivity contribution in [2.24, 2.45) is 0 Å². The van der Waals surface area contributed by atoms with Crippen molar-refractivity contribution in [2.45, 2.75) is 31.1 Å². The number of Topliss-reactive ketones (excluding diaryl/α,β-unsaturated/α-hetero) is 1. The third-order valence-electron chi connectivity index (χ3n) is 5.90. The number of amides is 1. The van der Waals surface area contributed by atoms with E-state index in [0.717, 1.165) is 22.4 Å². The molecule has 4 rings (SSSR count). The summed E-state index contributed by atoms with van der Waals surface area (Å²) in [6.07, 6.45) is 1.24. The maximum Gasteiger partial charge on any atom is 0.225 e. The van der Waals surface area contributed by atoms with E-state index in [1.807, 2.05) is 42.5 Å². The molecule has 0 saturated carbocycles. The van der Waals surface area contributed by atoms with E-state index < -0.39 is 0 Å². The highest BCUT2D eigenvalue weighted by atomic mass is 16.5. The lowest BCUT2D eigenvalue weighted by Crippen LogP contribution is -2.38. The van der Waals surface area contributed by atoms with E-state index in [2.05, 4.69) is 5.32 Å². The van der Waals surface area contributed by atoms with Crippen molar-refractivity contribution in [2.75, 3.05) is 21.3 Å². The summed E-state index contributed by atoms with van der Waals surface area (Å²) in [5.41, 5.74) is 3.39. The third kappa shape index (κ3) is 3.54. The van der Waals surface area contributed by atoms with Gasteiger partial charge in [0.25, 0.3) is 0 Å². The minimum Gasteiger partial charge on any atom is -0.493 e. The minimum absolute atomic E-state index is 0.0547. The number of methoxy groups -OCH3 is 3. The van der Waals surface area contributed by atoms with Gasteiger partial charge in [-0.1, -0.05) is 30.3 Å². The van der Waals surface area contributed by atoms with Gasteiger partial charge in [-0.2, -0.15) is 0 Å². The lowest BCUT2D eigenvalue weighted by Gasteiger charge is -2.34. The largest absolute Gasteiger partial charge is 0.493 e. The Morgan fingerprint density at radius 2 is 1.50 bits per heavy atom. The van der Waals surface area contributed by atoms with Crippen molar-refractivity contribution in [1.82, 2.24) is 5.32 Å². The molecule has 156 valence electrons. The fraction of sp³-hybridized carbons (Fsp3) is 0.333. The van der Waals surface area contributed by atoms with Crippen LogP contribution in [-0.4, -0.2) is 33.0 Å². The van der Waals surface area contributed by atoms with Crippen LogP contribution >= 0.6 is 0 Å². The Hall–Kier alpha value is -3.28. The normalized spacial score (nSPS) is 21.0. The summed E-state index contributed by atoms with van der Waals surface area (Å²) in [5.74, 6) is 1.36. The molecule has 0 saturated heterocycles. The van der Waals surface area contributed by atoms with Crippen LogP contribution in [0.2, 0.25) is 0 Å². The Morgan fingerprint density at radius 1 is 0.833 bits per heavy atom. The standard InChI is InChI=1S/C24H25NO5/c1-28-20-11-16(12-21(29-2)24(20)30-3)15-9-18-23(19(26)10-15)17(13-22(27)25-18)14-7-5-4-6-8-14/h4-8,11-12,15,17H,9-10,13H2,1-3H3,(H,25,27)/t15-,17-/m1/s1. The molecule has 0 unspecified atom stereocenters. The first-order chi connectivity index (χ1) is 14.5. The number of benzene rings is 2. The number of nitrogens with one attached hydrogen (secondary N) is 1. The second-order valence-electron chi connectivity index (χ2n) is 7.59. The first-order valence-electron chi connectivity index (χ1n) is 9.96. The van der Waals surface area contributed by atoms with Crippen molar-refractivity contribution in [3.8, 4) is 17.2 Å². The molecule has 1 aliphatic heterocycles. The van der Waals surface area contributed by atoms with Crippen molar-refractivity contribution in [1.29, 1.82) is 0 Å². The zero-order chi connectivity index (χ0) is 21.3. The van der Waals surface area contributed by atoms with Crippen molar-refractivity contribution < 1.29 is 23.8 Å². The summed E-state index contributed by atoms with van der Waals surface area (Å²) in [4.78, 5) is 25.7. The molecule has 0 spiro atoms. The molecule has 1 amide bonds. The maximum atomic E-state index is 13.2. The van der Waals surface area contributed by atoms with Crippen LogP contribution in [-0.2, 0) is 9.59 Å². The molecule has 30 heavy (non-hydrogen) atoms.